The molecule has 4 nitrogen and oxygen atoms in total. The SMILES string of the molecule is CC(C)c1ccc(NC(=O)CC2CSC(=NC3CCCC3)N2C)cc1.Cl. The van der Waals surface area contributed by atoms with Gasteiger partial charge >= 0.3 is 0 Å². The first-order valence-electron chi connectivity index (χ1n) is 9.36. The summed E-state index contributed by atoms with van der Waals surface area (Å²) < 4.78 is 0. The van der Waals surface area contributed by atoms with Gasteiger partial charge in [0, 0.05) is 31.0 Å². The molecule has 3 rings (SSSR count). The number of rotatable bonds is 5. The van der Waals surface area contributed by atoms with E-state index in [1.165, 1.54) is 31.2 Å². The van der Waals surface area contributed by atoms with Crippen LogP contribution in [0.15, 0.2) is 29.3 Å². The molecule has 0 spiro atoms. The highest BCUT2D eigenvalue weighted by Crippen LogP contribution is 2.29. The van der Waals surface area contributed by atoms with Crippen LogP contribution in [0.25, 0.3) is 0 Å². The van der Waals surface area contributed by atoms with Crippen LogP contribution in [0.2, 0.25) is 0 Å². The van der Waals surface area contributed by atoms with E-state index in [1.807, 2.05) is 12.1 Å². The number of thioether (sulfide) groups is 1. The van der Waals surface area contributed by atoms with Gasteiger partial charge in [0.2, 0.25) is 5.91 Å². The van der Waals surface area contributed by atoms with Crippen LogP contribution in [0.4, 0.5) is 5.69 Å². The van der Waals surface area contributed by atoms with E-state index in [9.17, 15) is 4.79 Å². The molecule has 2 fully saturated rings. The Labute approximate surface area is 167 Å². The Kier molecular flexibility index (Phi) is 7.84. The number of hydrogen-bond acceptors (Lipinski definition) is 3. The molecule has 144 valence electrons. The van der Waals surface area contributed by atoms with Gasteiger partial charge in [0.05, 0.1) is 6.04 Å². The van der Waals surface area contributed by atoms with Gasteiger partial charge in [-0.15, -0.1) is 12.4 Å². The summed E-state index contributed by atoms with van der Waals surface area (Å²) in [6.45, 7) is 4.35. The summed E-state index contributed by atoms with van der Waals surface area (Å²) in [5.74, 6) is 1.53. The molecule has 1 unspecified atom stereocenters. The fourth-order valence-electron chi connectivity index (χ4n) is 3.43. The maximum atomic E-state index is 12.4. The number of amides is 1. The van der Waals surface area contributed by atoms with Gasteiger partial charge in [0.15, 0.2) is 5.17 Å². The lowest BCUT2D eigenvalue weighted by Gasteiger charge is -2.21. The van der Waals surface area contributed by atoms with E-state index in [0.29, 0.717) is 18.4 Å². The smallest absolute Gasteiger partial charge is 0.226 e. The molecular weight excluding hydrogens is 366 g/mol. The predicted molar refractivity (Wildman–Crippen MR) is 115 cm³/mol. The second kappa shape index (κ2) is 9.65. The lowest BCUT2D eigenvalue weighted by Crippen LogP contribution is -2.34. The summed E-state index contributed by atoms with van der Waals surface area (Å²) in [6, 6.07) is 8.90. The number of aliphatic imine (C=N–C) groups is 1. The molecule has 2 aliphatic rings. The Morgan fingerprint density at radius 3 is 2.54 bits per heavy atom. The number of carbonyl (C=O) groups excluding carboxylic acids is 1. The lowest BCUT2D eigenvalue weighted by atomic mass is 10.0. The molecule has 6 heteroatoms. The molecule has 0 aromatic heterocycles. The van der Waals surface area contributed by atoms with Crippen LogP contribution in [-0.4, -0.2) is 40.9 Å². The first kappa shape index (κ1) is 21.1. The van der Waals surface area contributed by atoms with Gasteiger partial charge in [-0.1, -0.05) is 50.6 Å². The minimum absolute atomic E-state index is 0. The number of hydrogen-bond donors (Lipinski definition) is 1. The zero-order valence-electron chi connectivity index (χ0n) is 15.9. The third-order valence-corrected chi connectivity index (χ3v) is 6.36. The first-order chi connectivity index (χ1) is 12.0. The Morgan fingerprint density at radius 1 is 1.27 bits per heavy atom. The molecule has 1 N–H and O–H groups in total. The van der Waals surface area contributed by atoms with Crippen LogP contribution in [0.3, 0.4) is 0 Å². The van der Waals surface area contributed by atoms with E-state index in [2.05, 4.69) is 43.2 Å². The summed E-state index contributed by atoms with van der Waals surface area (Å²) in [7, 11) is 2.07. The molecule has 0 radical (unpaired) electrons. The number of benzene rings is 1. The van der Waals surface area contributed by atoms with Gasteiger partial charge in [-0.2, -0.15) is 0 Å². The molecule has 1 aromatic carbocycles. The van der Waals surface area contributed by atoms with Crippen molar-refractivity contribution in [2.45, 2.75) is 64.0 Å². The van der Waals surface area contributed by atoms with Crippen LogP contribution in [0.1, 0.15) is 57.4 Å². The molecule has 1 saturated carbocycles. The fraction of sp³-hybridized carbons (Fsp3) is 0.600. The highest BCUT2D eigenvalue weighted by molar-refractivity contribution is 8.14. The van der Waals surface area contributed by atoms with Gasteiger partial charge in [-0.3, -0.25) is 9.79 Å². The Hall–Kier alpha value is -1.20. The number of nitrogens with zero attached hydrogens (tertiary/aromatic N) is 2. The number of nitrogens with one attached hydrogen (secondary N) is 1. The van der Waals surface area contributed by atoms with Crippen molar-refractivity contribution in [2.24, 2.45) is 4.99 Å². The average molecular weight is 396 g/mol. The van der Waals surface area contributed by atoms with Crippen molar-refractivity contribution in [3.8, 4) is 0 Å². The Morgan fingerprint density at radius 2 is 1.92 bits per heavy atom. The predicted octanol–water partition coefficient (Wildman–Crippen LogP) is 4.91. The van der Waals surface area contributed by atoms with Gasteiger partial charge < -0.3 is 10.2 Å². The standard InChI is InChI=1S/C20H29N3OS.ClH/c1-14(2)15-8-10-17(11-9-15)21-19(24)12-18-13-25-20(23(18)3)22-16-6-4-5-7-16;/h8-11,14,16,18H,4-7,12-13H2,1-3H3,(H,21,24);1H. The summed E-state index contributed by atoms with van der Waals surface area (Å²) >= 11 is 1.79. The van der Waals surface area contributed by atoms with E-state index >= 15 is 0 Å². The summed E-state index contributed by atoms with van der Waals surface area (Å²) in [5, 5.41) is 4.15. The van der Waals surface area contributed by atoms with E-state index in [-0.39, 0.29) is 24.4 Å². The number of amidine groups is 1. The highest BCUT2D eigenvalue weighted by atomic mass is 35.5. The maximum Gasteiger partial charge on any atom is 0.226 e. The van der Waals surface area contributed by atoms with Gasteiger partial charge in [0.1, 0.15) is 0 Å². The van der Waals surface area contributed by atoms with Crippen LogP contribution < -0.4 is 5.32 Å². The molecule has 26 heavy (non-hydrogen) atoms. The summed E-state index contributed by atoms with van der Waals surface area (Å²) in [6.07, 6.45) is 5.55. The number of carbonyl (C=O) groups is 1. The van der Waals surface area contributed by atoms with Gasteiger partial charge in [0.25, 0.3) is 0 Å². The summed E-state index contributed by atoms with van der Waals surface area (Å²) in [4.78, 5) is 19.5. The highest BCUT2D eigenvalue weighted by Gasteiger charge is 2.30. The monoisotopic (exact) mass is 395 g/mol. The topological polar surface area (TPSA) is 44.7 Å². The quantitative estimate of drug-likeness (QED) is 0.770. The van der Waals surface area contributed by atoms with Crippen molar-refractivity contribution in [3.05, 3.63) is 29.8 Å². The molecular formula is C20H30ClN3OS. The minimum atomic E-state index is 0. The van der Waals surface area contributed by atoms with Crippen molar-refractivity contribution in [2.75, 3.05) is 18.1 Å². The van der Waals surface area contributed by atoms with E-state index in [4.69, 9.17) is 4.99 Å². The van der Waals surface area contributed by atoms with Crippen LogP contribution in [0, 0.1) is 0 Å². The molecule has 1 aliphatic heterocycles. The van der Waals surface area contributed by atoms with Gasteiger partial charge in [-0.05, 0) is 36.5 Å². The van der Waals surface area contributed by atoms with Crippen molar-refractivity contribution in [1.82, 2.24) is 4.90 Å². The third-order valence-electron chi connectivity index (χ3n) is 5.15. The van der Waals surface area contributed by atoms with Crippen molar-refractivity contribution in [1.29, 1.82) is 0 Å². The van der Waals surface area contributed by atoms with E-state index in [1.54, 1.807) is 11.8 Å². The second-order valence-corrected chi connectivity index (χ2v) is 8.44. The molecule has 1 heterocycles. The maximum absolute atomic E-state index is 12.4. The fourth-order valence-corrected chi connectivity index (χ4v) is 4.69. The van der Waals surface area contributed by atoms with Crippen molar-refractivity contribution in [3.63, 3.8) is 0 Å². The molecule has 1 atom stereocenters. The zero-order chi connectivity index (χ0) is 17.8. The van der Waals surface area contributed by atoms with Crippen LogP contribution in [-0.2, 0) is 4.79 Å². The van der Waals surface area contributed by atoms with Crippen molar-refractivity contribution < 1.29 is 4.79 Å². The lowest BCUT2D eigenvalue weighted by molar-refractivity contribution is -0.116. The zero-order valence-corrected chi connectivity index (χ0v) is 17.5. The number of anilines is 1. The largest absolute Gasteiger partial charge is 0.350 e. The molecule has 1 saturated heterocycles. The molecule has 1 aromatic rings. The Balaban J connectivity index is 0.00000243. The average Bonchev–Trinajstić information content (AvgIpc) is 3.21. The van der Waals surface area contributed by atoms with Crippen LogP contribution in [0.5, 0.6) is 0 Å². The minimum Gasteiger partial charge on any atom is -0.350 e. The normalized spacial score (nSPS) is 22.1. The first-order valence-corrected chi connectivity index (χ1v) is 10.3. The molecule has 1 amide bonds. The third kappa shape index (κ3) is 5.40. The molecule has 0 bridgehead atoms. The second-order valence-electron chi connectivity index (χ2n) is 7.45. The van der Waals surface area contributed by atoms with E-state index < -0.39 is 0 Å². The van der Waals surface area contributed by atoms with Crippen molar-refractivity contribution >= 4 is 40.9 Å². The van der Waals surface area contributed by atoms with E-state index in [0.717, 1.165) is 16.6 Å². The number of halogens is 1. The van der Waals surface area contributed by atoms with Gasteiger partial charge in [-0.25, -0.2) is 0 Å². The Bertz CT molecular complexity index is 626. The van der Waals surface area contributed by atoms with Crippen LogP contribution >= 0.6 is 24.2 Å². The molecule has 1 aliphatic carbocycles. The summed E-state index contributed by atoms with van der Waals surface area (Å²) in [5.41, 5.74) is 2.17.